The Labute approximate surface area is 118 Å². The van der Waals surface area contributed by atoms with E-state index in [4.69, 9.17) is 4.74 Å². The smallest absolute Gasteiger partial charge is 0.136 e. The second kappa shape index (κ2) is 4.68. The fourth-order valence-corrected chi connectivity index (χ4v) is 3.81. The summed E-state index contributed by atoms with van der Waals surface area (Å²) in [5, 5.41) is 10.2. The minimum atomic E-state index is -0.443. The van der Waals surface area contributed by atoms with E-state index >= 15 is 0 Å². The van der Waals surface area contributed by atoms with E-state index in [1.807, 2.05) is 24.3 Å². The van der Waals surface area contributed by atoms with Crippen molar-refractivity contribution in [2.45, 2.75) is 25.6 Å². The highest BCUT2D eigenvalue weighted by Gasteiger charge is 2.28. The van der Waals surface area contributed by atoms with Crippen LogP contribution in [0.25, 0.3) is 0 Å². The minimum Gasteiger partial charge on any atom is -0.484 e. The number of aliphatic hydroxyl groups is 1. The van der Waals surface area contributed by atoms with Gasteiger partial charge in [-0.15, -0.1) is 11.3 Å². The highest BCUT2D eigenvalue weighted by Crippen LogP contribution is 2.43. The number of thiophene rings is 1. The lowest BCUT2D eigenvalue weighted by Gasteiger charge is -2.28. The van der Waals surface area contributed by atoms with Crippen molar-refractivity contribution in [2.24, 2.45) is 0 Å². The van der Waals surface area contributed by atoms with Gasteiger partial charge in [0, 0.05) is 26.2 Å². The van der Waals surface area contributed by atoms with Gasteiger partial charge in [0.2, 0.25) is 0 Å². The molecule has 0 spiro atoms. The Balaban J connectivity index is 1.94. The van der Waals surface area contributed by atoms with E-state index in [2.05, 4.69) is 28.9 Å². The highest BCUT2D eigenvalue weighted by molar-refractivity contribution is 9.10. The number of aliphatic hydroxyl groups excluding tert-OH is 1. The van der Waals surface area contributed by atoms with Gasteiger partial charge in [-0.05, 0) is 35.0 Å². The lowest BCUT2D eigenvalue weighted by molar-refractivity contribution is 0.0674. The third kappa shape index (κ3) is 2.09. The van der Waals surface area contributed by atoms with E-state index in [1.54, 1.807) is 11.3 Å². The summed E-state index contributed by atoms with van der Waals surface area (Å²) in [7, 11) is 0. The molecular formula is C14H13BrO2S. The molecule has 1 N–H and O–H groups in total. The van der Waals surface area contributed by atoms with Gasteiger partial charge in [-0.25, -0.2) is 0 Å². The van der Waals surface area contributed by atoms with E-state index in [-0.39, 0.29) is 6.10 Å². The van der Waals surface area contributed by atoms with E-state index in [0.717, 1.165) is 20.7 Å². The van der Waals surface area contributed by atoms with Gasteiger partial charge >= 0.3 is 0 Å². The Morgan fingerprint density at radius 3 is 2.89 bits per heavy atom. The lowest BCUT2D eigenvalue weighted by atomic mass is 9.98. The molecule has 1 unspecified atom stereocenters. The third-order valence-corrected chi connectivity index (χ3v) is 5.41. The number of fused-ring (bicyclic) bond motifs is 1. The van der Waals surface area contributed by atoms with E-state index in [1.165, 1.54) is 4.88 Å². The van der Waals surface area contributed by atoms with Crippen molar-refractivity contribution in [1.29, 1.82) is 0 Å². The van der Waals surface area contributed by atoms with Crippen LogP contribution in [0.4, 0.5) is 0 Å². The Kier molecular flexibility index (Phi) is 3.18. The fourth-order valence-electron chi connectivity index (χ4n) is 2.21. The van der Waals surface area contributed by atoms with Crippen molar-refractivity contribution >= 4 is 27.3 Å². The van der Waals surface area contributed by atoms with Crippen molar-refractivity contribution in [3.63, 3.8) is 0 Å². The van der Waals surface area contributed by atoms with Crippen molar-refractivity contribution < 1.29 is 9.84 Å². The molecule has 1 aromatic carbocycles. The van der Waals surface area contributed by atoms with Gasteiger partial charge in [0.05, 0.1) is 6.10 Å². The van der Waals surface area contributed by atoms with Crippen molar-refractivity contribution in [3.8, 4) is 5.75 Å². The molecule has 2 nitrogen and oxygen atoms in total. The number of aryl methyl sites for hydroxylation is 1. The summed E-state index contributed by atoms with van der Waals surface area (Å²) in [6.45, 7) is 2.07. The molecule has 3 rings (SSSR count). The molecule has 0 saturated carbocycles. The summed E-state index contributed by atoms with van der Waals surface area (Å²) in [5.41, 5.74) is 0.890. The summed E-state index contributed by atoms with van der Waals surface area (Å²) >= 11 is 5.24. The van der Waals surface area contributed by atoms with Gasteiger partial charge in [0.1, 0.15) is 11.9 Å². The van der Waals surface area contributed by atoms with Crippen LogP contribution in [0.5, 0.6) is 5.75 Å². The Hall–Kier alpha value is -0.840. The summed E-state index contributed by atoms with van der Waals surface area (Å²) < 4.78 is 7.10. The standard InChI is InChI=1S/C14H13BrO2S/c1-8-10(15)6-14(18-8)13-7-11(16)9-4-2-3-5-12(9)17-13/h2-6,11,13,16H,7H2,1H3/t11-,13?/m0/s1. The number of ether oxygens (including phenoxy) is 1. The number of hydrogen-bond acceptors (Lipinski definition) is 3. The number of benzene rings is 1. The third-order valence-electron chi connectivity index (χ3n) is 3.18. The van der Waals surface area contributed by atoms with Crippen LogP contribution in [0.1, 0.15) is 33.9 Å². The average Bonchev–Trinajstić information content (AvgIpc) is 2.70. The maximum Gasteiger partial charge on any atom is 0.136 e. The maximum absolute atomic E-state index is 10.2. The van der Waals surface area contributed by atoms with E-state index in [0.29, 0.717) is 6.42 Å². The molecule has 94 valence electrons. The largest absolute Gasteiger partial charge is 0.484 e. The average molecular weight is 325 g/mol. The molecule has 0 fully saturated rings. The molecule has 0 saturated heterocycles. The Morgan fingerprint density at radius 2 is 2.17 bits per heavy atom. The Morgan fingerprint density at radius 1 is 1.39 bits per heavy atom. The van der Waals surface area contributed by atoms with Gasteiger partial charge < -0.3 is 9.84 Å². The lowest BCUT2D eigenvalue weighted by Crippen LogP contribution is -2.18. The van der Waals surface area contributed by atoms with E-state index < -0.39 is 6.10 Å². The van der Waals surface area contributed by atoms with Crippen LogP contribution in [0, 0.1) is 6.92 Å². The topological polar surface area (TPSA) is 29.5 Å². The van der Waals surface area contributed by atoms with Crippen molar-refractivity contribution in [2.75, 3.05) is 0 Å². The first-order valence-electron chi connectivity index (χ1n) is 5.84. The zero-order valence-electron chi connectivity index (χ0n) is 9.89. The molecule has 0 amide bonds. The highest BCUT2D eigenvalue weighted by atomic mass is 79.9. The monoisotopic (exact) mass is 324 g/mol. The fraction of sp³-hybridized carbons (Fsp3) is 0.286. The molecule has 2 atom stereocenters. The summed E-state index contributed by atoms with van der Waals surface area (Å²) in [4.78, 5) is 2.40. The molecule has 2 aromatic rings. The van der Waals surface area contributed by atoms with Crippen LogP contribution in [0.3, 0.4) is 0 Å². The zero-order chi connectivity index (χ0) is 12.7. The second-order valence-corrected chi connectivity index (χ2v) is 6.59. The first-order valence-corrected chi connectivity index (χ1v) is 7.45. The molecular weight excluding hydrogens is 312 g/mol. The van der Waals surface area contributed by atoms with Gasteiger partial charge in [-0.3, -0.25) is 0 Å². The molecule has 1 aromatic heterocycles. The molecule has 0 aliphatic carbocycles. The summed E-state index contributed by atoms with van der Waals surface area (Å²) in [6.07, 6.45) is 0.120. The Bertz CT molecular complexity index is 559. The normalized spacial score (nSPS) is 22.4. The quantitative estimate of drug-likeness (QED) is 0.843. The number of halogens is 1. The summed E-state index contributed by atoms with van der Waals surface area (Å²) in [5.74, 6) is 0.795. The van der Waals surface area contributed by atoms with Crippen molar-refractivity contribution in [3.05, 3.63) is 50.1 Å². The van der Waals surface area contributed by atoms with Crippen LogP contribution in [0.2, 0.25) is 0 Å². The van der Waals surface area contributed by atoms with E-state index in [9.17, 15) is 5.11 Å². The van der Waals surface area contributed by atoms with Gasteiger partial charge in [-0.2, -0.15) is 0 Å². The van der Waals surface area contributed by atoms with Crippen LogP contribution >= 0.6 is 27.3 Å². The molecule has 0 bridgehead atoms. The minimum absolute atomic E-state index is 0.0510. The first-order chi connectivity index (χ1) is 8.65. The molecule has 4 heteroatoms. The molecule has 1 aliphatic heterocycles. The number of hydrogen-bond donors (Lipinski definition) is 1. The molecule has 0 radical (unpaired) electrons. The zero-order valence-corrected chi connectivity index (χ0v) is 12.3. The second-order valence-electron chi connectivity index (χ2n) is 4.45. The summed E-state index contributed by atoms with van der Waals surface area (Å²) in [6, 6.07) is 9.79. The van der Waals surface area contributed by atoms with Gasteiger partial charge in [-0.1, -0.05) is 18.2 Å². The predicted molar refractivity (Wildman–Crippen MR) is 76.1 cm³/mol. The van der Waals surface area contributed by atoms with Crippen LogP contribution in [-0.2, 0) is 0 Å². The molecule has 1 aliphatic rings. The van der Waals surface area contributed by atoms with Crippen LogP contribution in [0.15, 0.2) is 34.8 Å². The molecule has 2 heterocycles. The van der Waals surface area contributed by atoms with Crippen LogP contribution in [-0.4, -0.2) is 5.11 Å². The van der Waals surface area contributed by atoms with Crippen molar-refractivity contribution in [1.82, 2.24) is 0 Å². The number of rotatable bonds is 1. The predicted octanol–water partition coefficient (Wildman–Crippen LogP) is 4.38. The maximum atomic E-state index is 10.2. The van der Waals surface area contributed by atoms with Gasteiger partial charge in [0.15, 0.2) is 0 Å². The molecule has 18 heavy (non-hydrogen) atoms. The number of para-hydroxylation sites is 1. The SMILES string of the molecule is Cc1sc(C2C[C@H](O)c3ccccc3O2)cc1Br. The van der Waals surface area contributed by atoms with Gasteiger partial charge in [0.25, 0.3) is 0 Å². The first kappa shape index (κ1) is 12.2. The van der Waals surface area contributed by atoms with Crippen LogP contribution < -0.4 is 4.74 Å².